The molecule has 5 nitrogen and oxygen atoms in total. The number of amides is 1. The average Bonchev–Trinajstić information content (AvgIpc) is 2.63. The first-order chi connectivity index (χ1) is 12.6. The lowest BCUT2D eigenvalue weighted by molar-refractivity contribution is 0.102. The fourth-order valence-corrected chi connectivity index (χ4v) is 4.35. The summed E-state index contributed by atoms with van der Waals surface area (Å²) in [6.07, 6.45) is 0. The summed E-state index contributed by atoms with van der Waals surface area (Å²) >= 11 is 0. The second-order valence-corrected chi connectivity index (χ2v) is 8.90. The normalized spacial score (nSPS) is 13.8. The fourth-order valence-electron chi connectivity index (χ4n) is 2.54. The van der Waals surface area contributed by atoms with Gasteiger partial charge in [0.15, 0.2) is 9.84 Å². The van der Waals surface area contributed by atoms with E-state index in [0.29, 0.717) is 11.3 Å². The summed E-state index contributed by atoms with van der Waals surface area (Å²) in [6, 6.07) is 10.0. The largest absolute Gasteiger partial charge is 0.396 e. The number of hydrogen-bond donors (Lipinski definition) is 2. The van der Waals surface area contributed by atoms with E-state index in [1.165, 1.54) is 42.5 Å². The highest BCUT2D eigenvalue weighted by molar-refractivity contribution is 7.91. The Morgan fingerprint density at radius 3 is 2.48 bits per heavy atom. The molecule has 1 amide bonds. The van der Waals surface area contributed by atoms with Crippen LogP contribution >= 0.6 is 0 Å². The molecule has 0 radical (unpaired) electrons. The van der Waals surface area contributed by atoms with Crippen LogP contribution in [0.15, 0.2) is 47.4 Å². The quantitative estimate of drug-likeness (QED) is 0.755. The third kappa shape index (κ3) is 5.37. The minimum Gasteiger partial charge on any atom is -0.396 e. The molecule has 0 saturated carbocycles. The Morgan fingerprint density at radius 2 is 1.85 bits per heavy atom. The maximum absolute atomic E-state index is 13.3. The Morgan fingerprint density at radius 1 is 1.15 bits per heavy atom. The number of carbonyl (C=O) groups is 1. The number of nitrogens with one attached hydrogen (secondary N) is 1. The standard InChI is InChI=1S/C20H24FNO4S/c1-13-9-17(7-8-19(13)21)22-20(24)16-5-4-6-18(10-16)27(25,26)12-15(3)14(2)11-23/h4-10,14-15,23H,11-12H2,1-3H3,(H,22,24). The highest BCUT2D eigenvalue weighted by Gasteiger charge is 2.23. The van der Waals surface area contributed by atoms with Crippen LogP contribution in [0.5, 0.6) is 0 Å². The van der Waals surface area contributed by atoms with Crippen LogP contribution in [-0.2, 0) is 9.84 Å². The molecule has 0 aliphatic rings. The van der Waals surface area contributed by atoms with Gasteiger partial charge in [0.25, 0.3) is 5.91 Å². The molecule has 2 unspecified atom stereocenters. The number of aliphatic hydroxyl groups is 1. The minimum atomic E-state index is -3.60. The van der Waals surface area contributed by atoms with E-state index in [4.69, 9.17) is 0 Å². The summed E-state index contributed by atoms with van der Waals surface area (Å²) in [4.78, 5) is 12.5. The molecule has 2 aromatic carbocycles. The first-order valence-electron chi connectivity index (χ1n) is 8.65. The Hall–Kier alpha value is -2.25. The summed E-state index contributed by atoms with van der Waals surface area (Å²) in [5.41, 5.74) is 1.02. The molecule has 7 heteroatoms. The van der Waals surface area contributed by atoms with Crippen LogP contribution in [0.4, 0.5) is 10.1 Å². The summed E-state index contributed by atoms with van der Waals surface area (Å²) in [5.74, 6) is -1.33. The van der Waals surface area contributed by atoms with Gasteiger partial charge in [-0.25, -0.2) is 12.8 Å². The van der Waals surface area contributed by atoms with Crippen LogP contribution < -0.4 is 5.32 Å². The molecule has 2 aromatic rings. The third-order valence-electron chi connectivity index (χ3n) is 4.61. The van der Waals surface area contributed by atoms with Gasteiger partial charge in [-0.1, -0.05) is 19.9 Å². The first kappa shape index (κ1) is 21.1. The van der Waals surface area contributed by atoms with Crippen LogP contribution in [-0.4, -0.2) is 31.8 Å². The average molecular weight is 393 g/mol. The molecule has 0 aromatic heterocycles. The predicted molar refractivity (Wildman–Crippen MR) is 103 cm³/mol. The van der Waals surface area contributed by atoms with Crippen molar-refractivity contribution in [1.82, 2.24) is 0 Å². The van der Waals surface area contributed by atoms with Crippen molar-refractivity contribution in [3.63, 3.8) is 0 Å². The summed E-state index contributed by atoms with van der Waals surface area (Å²) < 4.78 is 38.6. The van der Waals surface area contributed by atoms with E-state index in [2.05, 4.69) is 5.32 Å². The van der Waals surface area contributed by atoms with E-state index in [1.807, 2.05) is 0 Å². The summed E-state index contributed by atoms with van der Waals surface area (Å²) in [5, 5.41) is 11.8. The molecule has 0 spiro atoms. The molecule has 27 heavy (non-hydrogen) atoms. The van der Waals surface area contributed by atoms with Crippen LogP contribution in [0.2, 0.25) is 0 Å². The lowest BCUT2D eigenvalue weighted by atomic mass is 9.99. The maximum atomic E-state index is 13.3. The van der Waals surface area contributed by atoms with E-state index >= 15 is 0 Å². The van der Waals surface area contributed by atoms with Gasteiger partial charge >= 0.3 is 0 Å². The van der Waals surface area contributed by atoms with Crippen LogP contribution in [0.25, 0.3) is 0 Å². The van der Waals surface area contributed by atoms with E-state index in [9.17, 15) is 22.7 Å². The zero-order valence-electron chi connectivity index (χ0n) is 15.6. The third-order valence-corrected chi connectivity index (χ3v) is 6.55. The van der Waals surface area contributed by atoms with Crippen molar-refractivity contribution in [3.8, 4) is 0 Å². The zero-order chi connectivity index (χ0) is 20.2. The second-order valence-electron chi connectivity index (χ2n) is 6.86. The van der Waals surface area contributed by atoms with Crippen molar-refractivity contribution in [2.45, 2.75) is 25.7 Å². The number of anilines is 1. The highest BCUT2D eigenvalue weighted by atomic mass is 32.2. The molecule has 146 valence electrons. The van der Waals surface area contributed by atoms with Crippen molar-refractivity contribution in [2.75, 3.05) is 17.7 Å². The molecule has 2 rings (SSSR count). The van der Waals surface area contributed by atoms with Gasteiger partial charge in [0, 0.05) is 17.9 Å². The van der Waals surface area contributed by atoms with Gasteiger partial charge in [-0.2, -0.15) is 0 Å². The van der Waals surface area contributed by atoms with Crippen LogP contribution in [0.1, 0.15) is 29.8 Å². The van der Waals surface area contributed by atoms with Gasteiger partial charge in [-0.15, -0.1) is 0 Å². The lowest BCUT2D eigenvalue weighted by Crippen LogP contribution is -2.22. The SMILES string of the molecule is Cc1cc(NC(=O)c2cccc(S(=O)(=O)CC(C)C(C)CO)c2)ccc1F. The molecule has 0 heterocycles. The Labute approximate surface area is 159 Å². The smallest absolute Gasteiger partial charge is 0.255 e. The van der Waals surface area contributed by atoms with Gasteiger partial charge < -0.3 is 10.4 Å². The summed E-state index contributed by atoms with van der Waals surface area (Å²) in [6.45, 7) is 5.06. The van der Waals surface area contributed by atoms with Crippen molar-refractivity contribution < 1.29 is 22.7 Å². The van der Waals surface area contributed by atoms with Gasteiger partial charge in [0.2, 0.25) is 0 Å². The Balaban J connectivity index is 2.20. The maximum Gasteiger partial charge on any atom is 0.255 e. The topological polar surface area (TPSA) is 83.5 Å². The summed E-state index contributed by atoms with van der Waals surface area (Å²) in [7, 11) is -3.60. The number of aryl methyl sites for hydroxylation is 1. The first-order valence-corrected chi connectivity index (χ1v) is 10.3. The number of rotatable bonds is 7. The predicted octanol–water partition coefficient (Wildman–Crippen LogP) is 3.42. The van der Waals surface area contributed by atoms with Gasteiger partial charge in [-0.3, -0.25) is 4.79 Å². The molecule has 0 bridgehead atoms. The van der Waals surface area contributed by atoms with E-state index in [-0.39, 0.29) is 40.5 Å². The fraction of sp³-hybridized carbons (Fsp3) is 0.350. The molecule has 2 N–H and O–H groups in total. The van der Waals surface area contributed by atoms with E-state index < -0.39 is 15.7 Å². The molecule has 2 atom stereocenters. The Bertz CT molecular complexity index is 927. The van der Waals surface area contributed by atoms with Crippen molar-refractivity contribution in [2.24, 2.45) is 11.8 Å². The number of benzene rings is 2. The molecular formula is C20H24FNO4S. The number of carbonyl (C=O) groups excluding carboxylic acids is 1. The molecule has 0 aliphatic heterocycles. The number of halogens is 1. The minimum absolute atomic E-state index is 0.0578. The highest BCUT2D eigenvalue weighted by Crippen LogP contribution is 2.21. The van der Waals surface area contributed by atoms with Gasteiger partial charge in [0.1, 0.15) is 5.82 Å². The van der Waals surface area contributed by atoms with Crippen LogP contribution in [0, 0.1) is 24.6 Å². The number of sulfone groups is 1. The monoisotopic (exact) mass is 393 g/mol. The Kier molecular flexibility index (Phi) is 6.73. The van der Waals surface area contributed by atoms with Crippen molar-refractivity contribution >= 4 is 21.4 Å². The zero-order valence-corrected chi connectivity index (χ0v) is 16.4. The van der Waals surface area contributed by atoms with E-state index in [0.717, 1.165) is 0 Å². The molecule has 0 saturated heterocycles. The van der Waals surface area contributed by atoms with Gasteiger partial charge in [0.05, 0.1) is 10.6 Å². The number of aliphatic hydroxyl groups excluding tert-OH is 1. The number of hydrogen-bond acceptors (Lipinski definition) is 4. The molecule has 0 aliphatic carbocycles. The lowest BCUT2D eigenvalue weighted by Gasteiger charge is -2.17. The van der Waals surface area contributed by atoms with Crippen LogP contribution in [0.3, 0.4) is 0 Å². The van der Waals surface area contributed by atoms with Crippen molar-refractivity contribution in [1.29, 1.82) is 0 Å². The van der Waals surface area contributed by atoms with Crippen molar-refractivity contribution in [3.05, 3.63) is 59.4 Å². The molecular weight excluding hydrogens is 369 g/mol. The van der Waals surface area contributed by atoms with E-state index in [1.54, 1.807) is 20.8 Å². The second kappa shape index (κ2) is 8.63. The van der Waals surface area contributed by atoms with Gasteiger partial charge in [-0.05, 0) is 60.7 Å². The molecule has 0 fully saturated rings.